The fraction of sp³-hybridized carbons (Fsp3) is 0.364. The van der Waals surface area contributed by atoms with Crippen molar-refractivity contribution in [2.75, 3.05) is 6.61 Å². The highest BCUT2D eigenvalue weighted by Gasteiger charge is 2.17. The number of hydrogen-bond acceptors (Lipinski definition) is 2. The first-order chi connectivity index (χ1) is 6.53. The molecule has 0 aromatic heterocycles. The van der Waals surface area contributed by atoms with Gasteiger partial charge in [-0.2, -0.15) is 5.26 Å². The van der Waals surface area contributed by atoms with Gasteiger partial charge in [-0.05, 0) is 38.1 Å². The first kappa shape index (κ1) is 10.5. The van der Waals surface area contributed by atoms with Crippen molar-refractivity contribution in [3.8, 4) is 11.8 Å². The first-order valence-corrected chi connectivity index (χ1v) is 4.33. The quantitative estimate of drug-likeness (QED) is 0.739. The van der Waals surface area contributed by atoms with Crippen molar-refractivity contribution in [3.63, 3.8) is 0 Å². The van der Waals surface area contributed by atoms with Crippen LogP contribution in [0.3, 0.4) is 0 Å². The van der Waals surface area contributed by atoms with E-state index in [0.29, 0.717) is 12.4 Å². The number of benzene rings is 1. The maximum absolute atomic E-state index is 12.5. The summed E-state index contributed by atoms with van der Waals surface area (Å²) in [6.07, 6.45) is 0. The second-order valence-electron chi connectivity index (χ2n) is 3.74. The monoisotopic (exact) mass is 193 g/mol. The maximum Gasteiger partial charge on any atom is 0.123 e. The van der Waals surface area contributed by atoms with Gasteiger partial charge in [0.05, 0.1) is 11.5 Å². The summed E-state index contributed by atoms with van der Waals surface area (Å²) >= 11 is 0. The Bertz CT molecular complexity index is 337. The van der Waals surface area contributed by atoms with Crippen LogP contribution in [-0.4, -0.2) is 6.61 Å². The lowest BCUT2D eigenvalue weighted by Crippen LogP contribution is -2.18. The highest BCUT2D eigenvalue weighted by molar-refractivity contribution is 5.22. The minimum atomic E-state index is -0.519. The lowest BCUT2D eigenvalue weighted by atomic mass is 9.98. The van der Waals surface area contributed by atoms with Gasteiger partial charge in [0.1, 0.15) is 18.2 Å². The molecule has 0 radical (unpaired) electrons. The zero-order chi connectivity index (χ0) is 10.6. The highest BCUT2D eigenvalue weighted by Crippen LogP contribution is 2.17. The molecule has 3 heteroatoms. The molecule has 2 nitrogen and oxygen atoms in total. The number of halogens is 1. The lowest BCUT2D eigenvalue weighted by Gasteiger charge is -2.15. The smallest absolute Gasteiger partial charge is 0.123 e. The predicted octanol–water partition coefficient (Wildman–Crippen LogP) is 2.75. The lowest BCUT2D eigenvalue weighted by molar-refractivity contribution is 0.227. The van der Waals surface area contributed by atoms with E-state index in [2.05, 4.69) is 6.07 Å². The summed E-state index contributed by atoms with van der Waals surface area (Å²) in [5.74, 6) is 0.284. The minimum absolute atomic E-state index is 0.295. The van der Waals surface area contributed by atoms with Crippen molar-refractivity contribution in [2.45, 2.75) is 13.8 Å². The number of nitriles is 1. The molecule has 0 aliphatic carbocycles. The van der Waals surface area contributed by atoms with Gasteiger partial charge in [-0.25, -0.2) is 4.39 Å². The van der Waals surface area contributed by atoms with Crippen LogP contribution in [0.4, 0.5) is 4.39 Å². The minimum Gasteiger partial charge on any atom is -0.492 e. The molecule has 1 aromatic rings. The Morgan fingerprint density at radius 3 is 2.43 bits per heavy atom. The van der Waals surface area contributed by atoms with Gasteiger partial charge in [-0.15, -0.1) is 0 Å². The molecule has 0 amide bonds. The average Bonchev–Trinajstić information content (AvgIpc) is 2.17. The molecule has 0 N–H and O–H groups in total. The Morgan fingerprint density at radius 1 is 1.36 bits per heavy atom. The highest BCUT2D eigenvalue weighted by atomic mass is 19.1. The normalized spacial score (nSPS) is 10.7. The summed E-state index contributed by atoms with van der Waals surface area (Å²) < 4.78 is 17.8. The Balaban J connectivity index is 2.55. The molecule has 0 saturated heterocycles. The third-order valence-corrected chi connectivity index (χ3v) is 1.72. The summed E-state index contributed by atoms with van der Waals surface area (Å²) in [4.78, 5) is 0. The summed E-state index contributed by atoms with van der Waals surface area (Å²) in [7, 11) is 0. The van der Waals surface area contributed by atoms with Crippen molar-refractivity contribution < 1.29 is 9.13 Å². The van der Waals surface area contributed by atoms with E-state index in [0.717, 1.165) is 0 Å². The molecule has 0 saturated carbocycles. The molecule has 0 atom stereocenters. The van der Waals surface area contributed by atoms with E-state index >= 15 is 0 Å². The predicted molar refractivity (Wildman–Crippen MR) is 51.3 cm³/mol. The van der Waals surface area contributed by atoms with Crippen LogP contribution in [0.15, 0.2) is 24.3 Å². The molecule has 0 aliphatic rings. The van der Waals surface area contributed by atoms with E-state index in [4.69, 9.17) is 10.00 Å². The summed E-state index contributed by atoms with van der Waals surface area (Å²) in [5.41, 5.74) is -0.519. The van der Waals surface area contributed by atoms with Gasteiger partial charge in [0.25, 0.3) is 0 Å². The Labute approximate surface area is 82.9 Å². The van der Waals surface area contributed by atoms with Crippen LogP contribution in [0.5, 0.6) is 5.75 Å². The zero-order valence-electron chi connectivity index (χ0n) is 8.25. The topological polar surface area (TPSA) is 33.0 Å². The van der Waals surface area contributed by atoms with E-state index in [9.17, 15) is 4.39 Å². The van der Waals surface area contributed by atoms with Crippen LogP contribution in [0.25, 0.3) is 0 Å². The summed E-state index contributed by atoms with van der Waals surface area (Å²) in [6.45, 7) is 3.88. The van der Waals surface area contributed by atoms with Crippen molar-refractivity contribution in [2.24, 2.45) is 5.41 Å². The van der Waals surface area contributed by atoms with Crippen LogP contribution < -0.4 is 4.74 Å². The molecule has 0 unspecified atom stereocenters. The summed E-state index contributed by atoms with van der Waals surface area (Å²) in [6, 6.07) is 7.87. The fourth-order valence-electron chi connectivity index (χ4n) is 0.827. The van der Waals surface area contributed by atoms with Crippen LogP contribution in [0.2, 0.25) is 0 Å². The Hall–Kier alpha value is -1.56. The molecule has 1 rings (SSSR count). The number of rotatable bonds is 3. The van der Waals surface area contributed by atoms with E-state index in [1.807, 2.05) is 0 Å². The van der Waals surface area contributed by atoms with Crippen molar-refractivity contribution >= 4 is 0 Å². The second kappa shape index (κ2) is 4.10. The van der Waals surface area contributed by atoms with Gasteiger partial charge >= 0.3 is 0 Å². The van der Waals surface area contributed by atoms with E-state index in [1.165, 1.54) is 12.1 Å². The third-order valence-electron chi connectivity index (χ3n) is 1.72. The van der Waals surface area contributed by atoms with E-state index in [1.54, 1.807) is 26.0 Å². The van der Waals surface area contributed by atoms with Crippen molar-refractivity contribution in [3.05, 3.63) is 30.1 Å². The van der Waals surface area contributed by atoms with Gasteiger partial charge < -0.3 is 4.74 Å². The van der Waals surface area contributed by atoms with Gasteiger partial charge in [-0.3, -0.25) is 0 Å². The van der Waals surface area contributed by atoms with Gasteiger partial charge in [0, 0.05) is 0 Å². The molecule has 14 heavy (non-hydrogen) atoms. The van der Waals surface area contributed by atoms with Crippen molar-refractivity contribution in [1.82, 2.24) is 0 Å². The molecular formula is C11H12FNO. The van der Waals surface area contributed by atoms with Crippen LogP contribution in [0.1, 0.15) is 13.8 Å². The molecule has 0 aliphatic heterocycles. The first-order valence-electron chi connectivity index (χ1n) is 4.33. The number of hydrogen-bond donors (Lipinski definition) is 0. The molecular weight excluding hydrogens is 181 g/mol. The standard InChI is InChI=1S/C11H12FNO/c1-11(2,7-13)8-14-10-5-3-9(12)4-6-10/h3-6H,8H2,1-2H3. The van der Waals surface area contributed by atoms with Gasteiger partial charge in [0.2, 0.25) is 0 Å². The molecule has 0 bridgehead atoms. The molecule has 1 aromatic carbocycles. The van der Waals surface area contributed by atoms with E-state index in [-0.39, 0.29) is 5.82 Å². The largest absolute Gasteiger partial charge is 0.492 e. The van der Waals surface area contributed by atoms with E-state index < -0.39 is 5.41 Å². The van der Waals surface area contributed by atoms with Crippen LogP contribution >= 0.6 is 0 Å². The van der Waals surface area contributed by atoms with Gasteiger partial charge in [-0.1, -0.05) is 0 Å². The molecule has 0 fully saturated rings. The molecule has 74 valence electrons. The summed E-state index contributed by atoms with van der Waals surface area (Å²) in [5, 5.41) is 8.73. The maximum atomic E-state index is 12.5. The fourth-order valence-corrected chi connectivity index (χ4v) is 0.827. The van der Waals surface area contributed by atoms with Crippen LogP contribution in [-0.2, 0) is 0 Å². The third kappa shape index (κ3) is 3.06. The molecule has 0 heterocycles. The zero-order valence-corrected chi connectivity index (χ0v) is 8.25. The molecule has 0 spiro atoms. The Morgan fingerprint density at radius 2 is 1.93 bits per heavy atom. The SMILES string of the molecule is CC(C)(C#N)COc1ccc(F)cc1. The second-order valence-corrected chi connectivity index (χ2v) is 3.74. The van der Waals surface area contributed by atoms with Crippen LogP contribution in [0, 0.1) is 22.6 Å². The van der Waals surface area contributed by atoms with Gasteiger partial charge in [0.15, 0.2) is 0 Å². The van der Waals surface area contributed by atoms with Crippen molar-refractivity contribution in [1.29, 1.82) is 5.26 Å². The average molecular weight is 193 g/mol. The number of ether oxygens (including phenoxy) is 1. The Kier molecular flexibility index (Phi) is 3.08. The number of nitrogens with zero attached hydrogens (tertiary/aromatic N) is 1.